The number of hydrogen-bond acceptors (Lipinski definition) is 5. The van der Waals surface area contributed by atoms with Crippen molar-refractivity contribution < 1.29 is 14.5 Å². The second-order valence-electron chi connectivity index (χ2n) is 6.13. The van der Waals surface area contributed by atoms with Crippen LogP contribution in [-0.2, 0) is 17.0 Å². The molecule has 0 saturated carbocycles. The standard InChI is InChI=1S/C19H20N2O4S/c1-13-4-3-5-15-8-9-20(19(13)15)18(22)12-26-11-14-6-7-17(25-2)16(10-14)21(23)24/h3-7,10H,8-9,11-12H2,1-2H3. The summed E-state index contributed by atoms with van der Waals surface area (Å²) in [6.45, 7) is 2.74. The number of para-hydroxylation sites is 1. The van der Waals surface area contributed by atoms with Crippen molar-refractivity contribution in [2.24, 2.45) is 0 Å². The van der Waals surface area contributed by atoms with Crippen molar-refractivity contribution in [3.8, 4) is 5.75 Å². The molecule has 1 amide bonds. The molecule has 2 aromatic carbocycles. The van der Waals surface area contributed by atoms with Crippen LogP contribution in [0.1, 0.15) is 16.7 Å². The number of carbonyl (C=O) groups is 1. The van der Waals surface area contributed by atoms with E-state index in [4.69, 9.17) is 4.74 Å². The van der Waals surface area contributed by atoms with E-state index < -0.39 is 4.92 Å². The van der Waals surface area contributed by atoms with Crippen LogP contribution in [0.5, 0.6) is 5.75 Å². The van der Waals surface area contributed by atoms with E-state index >= 15 is 0 Å². The van der Waals surface area contributed by atoms with Crippen LogP contribution < -0.4 is 9.64 Å². The molecule has 1 aliphatic heterocycles. The van der Waals surface area contributed by atoms with E-state index in [0.29, 0.717) is 18.1 Å². The Morgan fingerprint density at radius 1 is 1.35 bits per heavy atom. The number of fused-ring (bicyclic) bond motifs is 1. The maximum atomic E-state index is 12.6. The van der Waals surface area contributed by atoms with Crippen molar-refractivity contribution in [3.05, 3.63) is 63.2 Å². The van der Waals surface area contributed by atoms with Crippen LogP contribution in [-0.4, -0.2) is 30.2 Å². The van der Waals surface area contributed by atoms with Gasteiger partial charge in [0.15, 0.2) is 5.75 Å². The minimum atomic E-state index is -0.456. The lowest BCUT2D eigenvalue weighted by Gasteiger charge is -2.19. The molecule has 1 aliphatic rings. The minimum absolute atomic E-state index is 0.0546. The van der Waals surface area contributed by atoms with E-state index in [1.165, 1.54) is 30.5 Å². The third kappa shape index (κ3) is 3.67. The highest BCUT2D eigenvalue weighted by molar-refractivity contribution is 7.99. The van der Waals surface area contributed by atoms with Crippen LogP contribution in [0.15, 0.2) is 36.4 Å². The minimum Gasteiger partial charge on any atom is -0.490 e. The van der Waals surface area contributed by atoms with Gasteiger partial charge in [-0.1, -0.05) is 24.3 Å². The van der Waals surface area contributed by atoms with Gasteiger partial charge in [-0.25, -0.2) is 0 Å². The first-order valence-corrected chi connectivity index (χ1v) is 9.44. The number of anilines is 1. The van der Waals surface area contributed by atoms with Gasteiger partial charge in [0.25, 0.3) is 0 Å². The van der Waals surface area contributed by atoms with Crippen LogP contribution in [0.4, 0.5) is 11.4 Å². The highest BCUT2D eigenvalue weighted by Gasteiger charge is 2.25. The summed E-state index contributed by atoms with van der Waals surface area (Å²) in [7, 11) is 1.41. The lowest BCUT2D eigenvalue weighted by Crippen LogP contribution is -2.31. The lowest BCUT2D eigenvalue weighted by molar-refractivity contribution is -0.385. The van der Waals surface area contributed by atoms with Crippen LogP contribution in [0.3, 0.4) is 0 Å². The Hall–Kier alpha value is -2.54. The Morgan fingerprint density at radius 2 is 2.15 bits per heavy atom. The van der Waals surface area contributed by atoms with Gasteiger partial charge in [0.1, 0.15) is 0 Å². The van der Waals surface area contributed by atoms with Crippen molar-refractivity contribution in [2.45, 2.75) is 19.1 Å². The summed E-state index contributed by atoms with van der Waals surface area (Å²) < 4.78 is 5.01. The molecule has 136 valence electrons. The van der Waals surface area contributed by atoms with Crippen molar-refractivity contribution in [2.75, 3.05) is 24.3 Å². The topological polar surface area (TPSA) is 72.7 Å². The number of nitro benzene ring substituents is 1. The number of hydrogen-bond donors (Lipinski definition) is 0. The number of thioether (sulfide) groups is 1. The molecular weight excluding hydrogens is 352 g/mol. The first kappa shape index (κ1) is 18.3. The van der Waals surface area contributed by atoms with Gasteiger partial charge in [0.2, 0.25) is 5.91 Å². The van der Waals surface area contributed by atoms with Crippen molar-refractivity contribution in [3.63, 3.8) is 0 Å². The van der Waals surface area contributed by atoms with Crippen LogP contribution in [0, 0.1) is 17.0 Å². The molecule has 0 N–H and O–H groups in total. The largest absolute Gasteiger partial charge is 0.490 e. The van der Waals surface area contributed by atoms with Gasteiger partial charge in [-0.3, -0.25) is 14.9 Å². The number of rotatable bonds is 6. The third-order valence-electron chi connectivity index (χ3n) is 4.43. The second-order valence-corrected chi connectivity index (χ2v) is 7.12. The second kappa shape index (κ2) is 7.78. The van der Waals surface area contributed by atoms with Crippen LogP contribution in [0.2, 0.25) is 0 Å². The predicted molar refractivity (Wildman–Crippen MR) is 103 cm³/mol. The van der Waals surface area contributed by atoms with E-state index in [0.717, 1.165) is 23.2 Å². The van der Waals surface area contributed by atoms with Gasteiger partial charge >= 0.3 is 5.69 Å². The van der Waals surface area contributed by atoms with Crippen LogP contribution in [0.25, 0.3) is 0 Å². The van der Waals surface area contributed by atoms with Gasteiger partial charge in [-0.05, 0) is 36.1 Å². The molecule has 0 spiro atoms. The Balaban J connectivity index is 1.62. The van der Waals surface area contributed by atoms with Crippen molar-refractivity contribution in [1.82, 2.24) is 0 Å². The number of ether oxygens (including phenoxy) is 1. The average molecular weight is 372 g/mol. The molecule has 3 rings (SSSR count). The number of amides is 1. The van der Waals surface area contributed by atoms with Gasteiger partial charge in [0, 0.05) is 24.1 Å². The molecule has 2 aromatic rings. The molecule has 6 nitrogen and oxygen atoms in total. The van der Waals surface area contributed by atoms with E-state index in [9.17, 15) is 14.9 Å². The van der Waals surface area contributed by atoms with Crippen LogP contribution >= 0.6 is 11.8 Å². The fraction of sp³-hybridized carbons (Fsp3) is 0.316. The number of benzene rings is 2. The maximum Gasteiger partial charge on any atom is 0.311 e. The highest BCUT2D eigenvalue weighted by Crippen LogP contribution is 2.32. The smallest absolute Gasteiger partial charge is 0.311 e. The highest BCUT2D eigenvalue weighted by atomic mass is 32.2. The molecule has 0 unspecified atom stereocenters. The predicted octanol–water partition coefficient (Wildman–Crippen LogP) is 3.73. The molecule has 26 heavy (non-hydrogen) atoms. The van der Waals surface area contributed by atoms with E-state index in [1.54, 1.807) is 12.1 Å². The maximum absolute atomic E-state index is 12.6. The molecule has 7 heteroatoms. The SMILES string of the molecule is COc1ccc(CSCC(=O)N2CCc3cccc(C)c32)cc1[N+](=O)[O-]. The summed E-state index contributed by atoms with van der Waals surface area (Å²) in [4.78, 5) is 25.1. The van der Waals surface area contributed by atoms with E-state index in [1.807, 2.05) is 24.0 Å². The van der Waals surface area contributed by atoms with E-state index in [2.05, 4.69) is 6.07 Å². The molecular formula is C19H20N2O4S. The van der Waals surface area contributed by atoms with E-state index in [-0.39, 0.29) is 17.3 Å². The number of methoxy groups -OCH3 is 1. The Bertz CT molecular complexity index is 853. The Labute approximate surface area is 156 Å². The fourth-order valence-corrected chi connectivity index (χ4v) is 4.05. The molecule has 0 aliphatic carbocycles. The average Bonchev–Trinajstić information content (AvgIpc) is 3.07. The fourth-order valence-electron chi connectivity index (χ4n) is 3.20. The van der Waals surface area contributed by atoms with Crippen molar-refractivity contribution in [1.29, 1.82) is 0 Å². The summed E-state index contributed by atoms with van der Waals surface area (Å²) in [5.74, 6) is 1.19. The number of carbonyl (C=O) groups excluding carboxylic acids is 1. The summed E-state index contributed by atoms with van der Waals surface area (Å²) >= 11 is 1.46. The molecule has 0 radical (unpaired) electrons. The summed E-state index contributed by atoms with van der Waals surface area (Å²) in [6.07, 6.45) is 0.887. The molecule has 0 bridgehead atoms. The summed E-state index contributed by atoms with van der Waals surface area (Å²) in [6, 6.07) is 11.0. The monoisotopic (exact) mass is 372 g/mol. The number of nitrogens with zero attached hydrogens (tertiary/aromatic N) is 2. The number of aryl methyl sites for hydroxylation is 1. The number of nitro groups is 1. The summed E-state index contributed by atoms with van der Waals surface area (Å²) in [5, 5.41) is 11.1. The quantitative estimate of drug-likeness (QED) is 0.571. The third-order valence-corrected chi connectivity index (χ3v) is 5.42. The Kier molecular flexibility index (Phi) is 5.46. The zero-order chi connectivity index (χ0) is 18.7. The van der Waals surface area contributed by atoms with Crippen molar-refractivity contribution >= 4 is 29.0 Å². The normalized spacial score (nSPS) is 12.8. The van der Waals surface area contributed by atoms with Gasteiger partial charge in [-0.2, -0.15) is 0 Å². The molecule has 0 aromatic heterocycles. The van der Waals surface area contributed by atoms with Gasteiger partial charge in [0.05, 0.1) is 17.8 Å². The lowest BCUT2D eigenvalue weighted by atomic mass is 10.1. The molecule has 0 fully saturated rings. The zero-order valence-electron chi connectivity index (χ0n) is 14.7. The summed E-state index contributed by atoms with van der Waals surface area (Å²) in [5.41, 5.74) is 4.12. The first-order valence-electron chi connectivity index (χ1n) is 8.29. The zero-order valence-corrected chi connectivity index (χ0v) is 15.5. The molecule has 0 atom stereocenters. The molecule has 1 heterocycles. The molecule has 0 saturated heterocycles. The Morgan fingerprint density at radius 3 is 2.88 bits per heavy atom. The van der Waals surface area contributed by atoms with Gasteiger partial charge in [-0.15, -0.1) is 11.8 Å². The first-order chi connectivity index (χ1) is 12.5. The van der Waals surface area contributed by atoms with Gasteiger partial charge < -0.3 is 9.64 Å².